The molecule has 0 fully saturated rings. The highest BCUT2D eigenvalue weighted by atomic mass is 16.5. The van der Waals surface area contributed by atoms with Gasteiger partial charge in [-0.15, -0.1) is 0 Å². The van der Waals surface area contributed by atoms with Crippen molar-refractivity contribution in [2.75, 3.05) is 7.11 Å². The number of esters is 1. The topological polar surface area (TPSA) is 74.5 Å². The van der Waals surface area contributed by atoms with Gasteiger partial charge in [0.1, 0.15) is 5.92 Å². The Morgan fingerprint density at radius 3 is 2.85 bits per heavy atom. The fourth-order valence-electron chi connectivity index (χ4n) is 1.17. The number of nitrogens with one attached hydrogen (secondary N) is 1. The molecule has 5 heteroatoms. The lowest BCUT2D eigenvalue weighted by atomic mass is 9.87. The summed E-state index contributed by atoms with van der Waals surface area (Å²) in [6, 6.07) is 2.03. The molecule has 0 aromatic rings. The minimum atomic E-state index is -0.556. The molecule has 0 radical (unpaired) electrons. The highest BCUT2D eigenvalue weighted by Crippen LogP contribution is 2.23. The van der Waals surface area contributed by atoms with Crippen molar-refractivity contribution in [2.45, 2.75) is 19.4 Å². The number of carbonyl (C=O) groups is 1. The minimum Gasteiger partial charge on any atom is -0.464 e. The van der Waals surface area contributed by atoms with Gasteiger partial charge in [-0.25, -0.2) is 4.79 Å². The Morgan fingerprint density at radius 1 is 1.77 bits per heavy atom. The summed E-state index contributed by atoms with van der Waals surface area (Å²) in [6.45, 7) is 3.61. The Balaban J connectivity index is 2.92. The van der Waals surface area contributed by atoms with Gasteiger partial charge in [-0.2, -0.15) is 10.4 Å². The average molecular weight is 181 g/mol. The Labute approximate surface area is 76.4 Å². The molecule has 0 aromatic carbocycles. The van der Waals surface area contributed by atoms with Crippen LogP contribution in [-0.2, 0) is 9.53 Å². The van der Waals surface area contributed by atoms with E-state index in [4.69, 9.17) is 5.26 Å². The van der Waals surface area contributed by atoms with Crippen molar-refractivity contribution in [3.8, 4) is 6.07 Å². The molecule has 0 saturated heterocycles. The van der Waals surface area contributed by atoms with Gasteiger partial charge in [-0.1, -0.05) is 0 Å². The van der Waals surface area contributed by atoms with E-state index in [1.807, 2.05) is 6.07 Å². The van der Waals surface area contributed by atoms with E-state index < -0.39 is 17.4 Å². The smallest absolute Gasteiger partial charge is 0.355 e. The first-order valence-corrected chi connectivity index (χ1v) is 3.85. The van der Waals surface area contributed by atoms with Crippen LogP contribution in [0.3, 0.4) is 0 Å². The molecule has 13 heavy (non-hydrogen) atoms. The monoisotopic (exact) mass is 181 g/mol. The number of hydrogen-bond acceptors (Lipinski definition) is 5. The molecule has 70 valence electrons. The first-order valence-electron chi connectivity index (χ1n) is 3.85. The van der Waals surface area contributed by atoms with Gasteiger partial charge in [-0.3, -0.25) is 0 Å². The molecule has 0 spiro atoms. The molecule has 0 saturated carbocycles. The lowest BCUT2D eigenvalue weighted by molar-refractivity contribution is -0.132. The van der Waals surface area contributed by atoms with E-state index in [2.05, 4.69) is 15.3 Å². The second kappa shape index (κ2) is 3.05. The summed E-state index contributed by atoms with van der Waals surface area (Å²) >= 11 is 0. The Bertz CT molecular complexity index is 301. The summed E-state index contributed by atoms with van der Waals surface area (Å²) in [4.78, 5) is 11.1. The summed E-state index contributed by atoms with van der Waals surface area (Å²) in [5, 5.41) is 12.6. The predicted octanol–water partition coefficient (Wildman–Crippen LogP) is 0.0370. The number of nitrogens with zero attached hydrogens (tertiary/aromatic N) is 2. The van der Waals surface area contributed by atoms with Gasteiger partial charge >= 0.3 is 5.97 Å². The summed E-state index contributed by atoms with van der Waals surface area (Å²) in [5.74, 6) is -1.11. The van der Waals surface area contributed by atoms with Crippen LogP contribution >= 0.6 is 0 Å². The zero-order chi connectivity index (χ0) is 10.1. The van der Waals surface area contributed by atoms with Gasteiger partial charge in [0.2, 0.25) is 0 Å². The minimum absolute atomic E-state index is 0.148. The zero-order valence-corrected chi connectivity index (χ0v) is 7.79. The third-order valence-electron chi connectivity index (χ3n) is 1.98. The average Bonchev–Trinajstić information content (AvgIpc) is 2.39. The molecule has 1 atom stereocenters. The second-order valence-corrected chi connectivity index (χ2v) is 3.38. The molecule has 1 unspecified atom stereocenters. The number of ether oxygens (including phenoxy) is 1. The van der Waals surface area contributed by atoms with Crippen molar-refractivity contribution in [2.24, 2.45) is 11.0 Å². The van der Waals surface area contributed by atoms with Crippen molar-refractivity contribution >= 4 is 11.7 Å². The Morgan fingerprint density at radius 2 is 2.38 bits per heavy atom. The molecule has 1 heterocycles. The maximum absolute atomic E-state index is 11.1. The summed E-state index contributed by atoms with van der Waals surface area (Å²) in [6.07, 6.45) is 0. The van der Waals surface area contributed by atoms with Crippen molar-refractivity contribution in [1.29, 1.82) is 5.26 Å². The third kappa shape index (κ3) is 1.47. The normalized spacial score (nSPS) is 24.2. The molecule has 5 nitrogen and oxygen atoms in total. The first kappa shape index (κ1) is 9.52. The molecule has 0 amide bonds. The summed E-state index contributed by atoms with van der Waals surface area (Å²) in [7, 11) is 1.27. The van der Waals surface area contributed by atoms with Gasteiger partial charge in [0.05, 0.1) is 18.7 Å². The zero-order valence-electron chi connectivity index (χ0n) is 7.79. The van der Waals surface area contributed by atoms with E-state index in [9.17, 15) is 4.79 Å². The largest absolute Gasteiger partial charge is 0.464 e. The van der Waals surface area contributed by atoms with Crippen LogP contribution in [0.1, 0.15) is 13.8 Å². The van der Waals surface area contributed by atoms with E-state index in [0.717, 1.165) is 0 Å². The number of hydrogen-bond donors (Lipinski definition) is 1. The molecule has 0 aromatic heterocycles. The second-order valence-electron chi connectivity index (χ2n) is 3.38. The Kier molecular flexibility index (Phi) is 2.24. The van der Waals surface area contributed by atoms with E-state index >= 15 is 0 Å². The van der Waals surface area contributed by atoms with Gasteiger partial charge < -0.3 is 10.2 Å². The van der Waals surface area contributed by atoms with Gasteiger partial charge in [0.25, 0.3) is 0 Å². The molecule has 1 aliphatic heterocycles. The van der Waals surface area contributed by atoms with Crippen molar-refractivity contribution in [3.63, 3.8) is 0 Å². The molecule has 1 N–H and O–H groups in total. The van der Waals surface area contributed by atoms with Crippen molar-refractivity contribution in [1.82, 2.24) is 5.43 Å². The van der Waals surface area contributed by atoms with Crippen molar-refractivity contribution < 1.29 is 9.53 Å². The molecule has 1 rings (SSSR count). The van der Waals surface area contributed by atoms with Crippen LogP contribution in [0.4, 0.5) is 0 Å². The quantitative estimate of drug-likeness (QED) is 0.579. The van der Waals surface area contributed by atoms with Crippen LogP contribution in [0.25, 0.3) is 0 Å². The van der Waals surface area contributed by atoms with Crippen LogP contribution < -0.4 is 5.43 Å². The summed E-state index contributed by atoms with van der Waals surface area (Å²) < 4.78 is 4.50. The predicted molar refractivity (Wildman–Crippen MR) is 45.8 cm³/mol. The molecule has 0 aliphatic carbocycles. The van der Waals surface area contributed by atoms with E-state index in [1.165, 1.54) is 7.11 Å². The highest BCUT2D eigenvalue weighted by molar-refractivity contribution is 6.38. The standard InChI is InChI=1S/C8H11N3O2/c1-8(2)5(4-9)6(10-11-8)7(12)13-3/h5,11H,1-3H3. The van der Waals surface area contributed by atoms with Crippen LogP contribution in [0.2, 0.25) is 0 Å². The van der Waals surface area contributed by atoms with E-state index in [-0.39, 0.29) is 5.71 Å². The number of hydrazone groups is 1. The number of rotatable bonds is 1. The fraction of sp³-hybridized carbons (Fsp3) is 0.625. The van der Waals surface area contributed by atoms with Crippen LogP contribution in [0.5, 0.6) is 0 Å². The fourth-order valence-corrected chi connectivity index (χ4v) is 1.17. The van der Waals surface area contributed by atoms with E-state index in [0.29, 0.717) is 0 Å². The molecular formula is C8H11N3O2. The van der Waals surface area contributed by atoms with Crippen molar-refractivity contribution in [3.05, 3.63) is 0 Å². The number of carbonyl (C=O) groups excluding carboxylic acids is 1. The highest BCUT2D eigenvalue weighted by Gasteiger charge is 2.42. The van der Waals surface area contributed by atoms with Crippen LogP contribution in [0, 0.1) is 17.2 Å². The lowest BCUT2D eigenvalue weighted by Gasteiger charge is -2.20. The van der Waals surface area contributed by atoms with Crippen LogP contribution in [-0.4, -0.2) is 24.3 Å². The third-order valence-corrected chi connectivity index (χ3v) is 1.98. The van der Waals surface area contributed by atoms with Gasteiger partial charge in [0, 0.05) is 0 Å². The maximum atomic E-state index is 11.1. The molecule has 1 aliphatic rings. The van der Waals surface area contributed by atoms with Gasteiger partial charge in [-0.05, 0) is 13.8 Å². The van der Waals surface area contributed by atoms with E-state index in [1.54, 1.807) is 13.8 Å². The molecule has 0 bridgehead atoms. The Hall–Kier alpha value is -1.57. The SMILES string of the molecule is COC(=O)C1=NNC(C)(C)C1C#N. The van der Waals surface area contributed by atoms with Crippen LogP contribution in [0.15, 0.2) is 5.10 Å². The molecular weight excluding hydrogens is 170 g/mol. The maximum Gasteiger partial charge on any atom is 0.355 e. The van der Waals surface area contributed by atoms with Gasteiger partial charge in [0.15, 0.2) is 5.71 Å². The first-order chi connectivity index (χ1) is 6.03. The lowest BCUT2D eigenvalue weighted by Crippen LogP contribution is -2.40. The number of methoxy groups -OCH3 is 1. The summed E-state index contributed by atoms with van der Waals surface area (Å²) in [5.41, 5.74) is 2.37. The number of nitriles is 1.